The fourth-order valence-electron chi connectivity index (χ4n) is 3.37. The van der Waals surface area contributed by atoms with E-state index in [0.717, 1.165) is 44.5 Å². The molecular formula is C20H24N2O2. The van der Waals surface area contributed by atoms with Gasteiger partial charge in [-0.15, -0.1) is 0 Å². The first-order valence-corrected chi connectivity index (χ1v) is 8.75. The van der Waals surface area contributed by atoms with Gasteiger partial charge in [-0.25, -0.2) is 4.98 Å². The molecule has 1 aliphatic rings. The lowest BCUT2D eigenvalue weighted by atomic mass is 10.0. The number of unbranched alkanes of at least 4 members (excludes halogenated alkanes) is 2. The van der Waals surface area contributed by atoms with Gasteiger partial charge in [0, 0.05) is 24.5 Å². The summed E-state index contributed by atoms with van der Waals surface area (Å²) in [6.07, 6.45) is 7.22. The molecule has 2 aromatic rings. The quantitative estimate of drug-likeness (QED) is 0.622. The monoisotopic (exact) mass is 324 g/mol. The maximum Gasteiger partial charge on any atom is 0.172 e. The molecule has 0 amide bonds. The Morgan fingerprint density at radius 2 is 2.00 bits per heavy atom. The van der Waals surface area contributed by atoms with Crippen molar-refractivity contribution in [2.75, 3.05) is 18.0 Å². The zero-order chi connectivity index (χ0) is 16.8. The number of anilines is 1. The summed E-state index contributed by atoms with van der Waals surface area (Å²) in [5, 5.41) is 9.47. The van der Waals surface area contributed by atoms with Crippen LogP contribution in [0.25, 0.3) is 0 Å². The Bertz CT molecular complexity index is 700. The van der Waals surface area contributed by atoms with Crippen LogP contribution < -0.4 is 4.90 Å². The van der Waals surface area contributed by atoms with E-state index in [-0.39, 0.29) is 11.4 Å². The lowest BCUT2D eigenvalue weighted by molar-refractivity contribution is 0.111. The van der Waals surface area contributed by atoms with E-state index in [1.54, 1.807) is 12.1 Å². The van der Waals surface area contributed by atoms with E-state index in [0.29, 0.717) is 6.29 Å². The number of carbonyl (C=O) groups is 1. The van der Waals surface area contributed by atoms with Crippen molar-refractivity contribution in [3.63, 3.8) is 0 Å². The lowest BCUT2D eigenvalue weighted by Crippen LogP contribution is -2.30. The van der Waals surface area contributed by atoms with Crippen LogP contribution in [0.1, 0.15) is 47.4 Å². The maximum absolute atomic E-state index is 10.8. The number of benzene rings is 1. The molecule has 2 heterocycles. The molecule has 0 bridgehead atoms. The van der Waals surface area contributed by atoms with Crippen molar-refractivity contribution in [1.82, 2.24) is 4.98 Å². The first-order valence-electron chi connectivity index (χ1n) is 8.75. The molecule has 1 aliphatic heterocycles. The summed E-state index contributed by atoms with van der Waals surface area (Å²) < 4.78 is 0. The molecule has 0 spiro atoms. The number of carbonyl (C=O) groups excluding carboxylic acids is 1. The van der Waals surface area contributed by atoms with Gasteiger partial charge in [0.25, 0.3) is 0 Å². The fourth-order valence-corrected chi connectivity index (χ4v) is 3.37. The molecule has 0 saturated carbocycles. The number of nitrogens with zero attached hydrogens (tertiary/aromatic N) is 2. The molecule has 4 heteroatoms. The SMILES string of the molecule is O=Cc1nc(CCCCCN2CCCc3ccccc32)ccc1O. The van der Waals surface area contributed by atoms with E-state index >= 15 is 0 Å². The van der Waals surface area contributed by atoms with Gasteiger partial charge in [-0.05, 0) is 55.9 Å². The van der Waals surface area contributed by atoms with Gasteiger partial charge < -0.3 is 10.0 Å². The highest BCUT2D eigenvalue weighted by Crippen LogP contribution is 2.26. The highest BCUT2D eigenvalue weighted by atomic mass is 16.3. The van der Waals surface area contributed by atoms with E-state index in [2.05, 4.69) is 34.1 Å². The van der Waals surface area contributed by atoms with Gasteiger partial charge in [0.05, 0.1) is 0 Å². The molecule has 0 radical (unpaired) electrons. The van der Waals surface area contributed by atoms with Crippen LogP contribution in [0.5, 0.6) is 5.75 Å². The third-order valence-corrected chi connectivity index (χ3v) is 4.64. The predicted octanol–water partition coefficient (Wildman–Crippen LogP) is 3.77. The second-order valence-electron chi connectivity index (χ2n) is 6.35. The Kier molecular flexibility index (Phi) is 5.47. The average molecular weight is 324 g/mol. The Morgan fingerprint density at radius 3 is 2.88 bits per heavy atom. The summed E-state index contributed by atoms with van der Waals surface area (Å²) in [5.74, 6) is -0.0440. The smallest absolute Gasteiger partial charge is 0.172 e. The van der Waals surface area contributed by atoms with Crippen molar-refractivity contribution in [3.8, 4) is 5.75 Å². The number of para-hydroxylation sites is 1. The van der Waals surface area contributed by atoms with Crippen LogP contribution in [0.4, 0.5) is 5.69 Å². The van der Waals surface area contributed by atoms with Crippen LogP contribution in [0, 0.1) is 0 Å². The number of aryl methyl sites for hydroxylation is 2. The van der Waals surface area contributed by atoms with E-state index in [1.807, 2.05) is 0 Å². The molecule has 24 heavy (non-hydrogen) atoms. The predicted molar refractivity (Wildman–Crippen MR) is 95.8 cm³/mol. The number of aromatic nitrogens is 1. The van der Waals surface area contributed by atoms with Gasteiger partial charge in [-0.2, -0.15) is 0 Å². The summed E-state index contributed by atoms with van der Waals surface area (Å²) in [4.78, 5) is 17.5. The molecular weight excluding hydrogens is 300 g/mol. The number of pyridine rings is 1. The summed E-state index contributed by atoms with van der Waals surface area (Å²) in [6.45, 7) is 2.25. The number of hydrogen-bond donors (Lipinski definition) is 1. The molecule has 3 rings (SSSR count). The Hall–Kier alpha value is -2.36. The van der Waals surface area contributed by atoms with Crippen molar-refractivity contribution in [3.05, 3.63) is 53.3 Å². The summed E-state index contributed by atoms with van der Waals surface area (Å²) in [7, 11) is 0. The number of aldehydes is 1. The number of fused-ring (bicyclic) bond motifs is 1. The third-order valence-electron chi connectivity index (χ3n) is 4.64. The van der Waals surface area contributed by atoms with E-state index in [4.69, 9.17) is 0 Å². The molecule has 0 unspecified atom stereocenters. The molecule has 1 aromatic carbocycles. The minimum Gasteiger partial charge on any atom is -0.506 e. The van der Waals surface area contributed by atoms with E-state index in [9.17, 15) is 9.90 Å². The lowest BCUT2D eigenvalue weighted by Gasteiger charge is -2.31. The minimum absolute atomic E-state index is 0.0440. The molecule has 0 aliphatic carbocycles. The van der Waals surface area contributed by atoms with E-state index < -0.39 is 0 Å². The third kappa shape index (κ3) is 3.94. The zero-order valence-corrected chi connectivity index (χ0v) is 13.9. The molecule has 0 saturated heterocycles. The van der Waals surface area contributed by atoms with Gasteiger partial charge in [0.1, 0.15) is 11.4 Å². The topological polar surface area (TPSA) is 53.4 Å². The Balaban J connectivity index is 1.44. The highest BCUT2D eigenvalue weighted by Gasteiger charge is 2.15. The summed E-state index contributed by atoms with van der Waals surface area (Å²) in [6, 6.07) is 12.1. The Morgan fingerprint density at radius 1 is 1.12 bits per heavy atom. The average Bonchev–Trinajstić information content (AvgIpc) is 2.63. The largest absolute Gasteiger partial charge is 0.506 e. The second kappa shape index (κ2) is 7.95. The van der Waals surface area contributed by atoms with Crippen LogP contribution in [0.2, 0.25) is 0 Å². The van der Waals surface area contributed by atoms with Crippen LogP contribution in [0.15, 0.2) is 36.4 Å². The molecule has 4 nitrogen and oxygen atoms in total. The van der Waals surface area contributed by atoms with Crippen molar-refractivity contribution in [2.45, 2.75) is 38.5 Å². The highest BCUT2D eigenvalue weighted by molar-refractivity contribution is 5.75. The van der Waals surface area contributed by atoms with Gasteiger partial charge in [-0.3, -0.25) is 4.79 Å². The van der Waals surface area contributed by atoms with Gasteiger partial charge in [0.15, 0.2) is 6.29 Å². The zero-order valence-electron chi connectivity index (χ0n) is 13.9. The molecule has 0 atom stereocenters. The second-order valence-corrected chi connectivity index (χ2v) is 6.35. The summed E-state index contributed by atoms with van der Waals surface area (Å²) in [5.41, 5.74) is 3.88. The van der Waals surface area contributed by atoms with Gasteiger partial charge in [0.2, 0.25) is 0 Å². The molecule has 1 N–H and O–H groups in total. The van der Waals surface area contributed by atoms with Crippen LogP contribution >= 0.6 is 0 Å². The normalized spacial score (nSPS) is 13.6. The van der Waals surface area contributed by atoms with Gasteiger partial charge >= 0.3 is 0 Å². The molecule has 0 fully saturated rings. The number of rotatable bonds is 7. The minimum atomic E-state index is -0.0440. The molecule has 1 aromatic heterocycles. The van der Waals surface area contributed by atoms with Crippen molar-refractivity contribution >= 4 is 12.0 Å². The first kappa shape index (κ1) is 16.5. The van der Waals surface area contributed by atoms with Crippen LogP contribution in [-0.2, 0) is 12.8 Å². The van der Waals surface area contributed by atoms with Crippen molar-refractivity contribution in [1.29, 1.82) is 0 Å². The summed E-state index contributed by atoms with van der Waals surface area (Å²) >= 11 is 0. The molecule has 126 valence electrons. The Labute approximate surface area is 143 Å². The van der Waals surface area contributed by atoms with Crippen LogP contribution in [0.3, 0.4) is 0 Å². The standard InChI is InChI=1S/C20H24N2O2/c23-15-18-20(24)12-11-17(21-18)9-2-1-5-13-22-14-6-8-16-7-3-4-10-19(16)22/h3-4,7,10-12,15,24H,1-2,5-6,8-9,13-14H2. The van der Waals surface area contributed by atoms with Crippen LogP contribution in [-0.4, -0.2) is 29.5 Å². The van der Waals surface area contributed by atoms with Gasteiger partial charge in [-0.1, -0.05) is 24.6 Å². The van der Waals surface area contributed by atoms with Crippen molar-refractivity contribution < 1.29 is 9.90 Å². The first-order chi connectivity index (χ1) is 11.8. The number of hydrogen-bond acceptors (Lipinski definition) is 4. The fraction of sp³-hybridized carbons (Fsp3) is 0.400. The van der Waals surface area contributed by atoms with Crippen molar-refractivity contribution in [2.24, 2.45) is 0 Å². The number of aromatic hydroxyl groups is 1. The maximum atomic E-state index is 10.8. The van der Waals surface area contributed by atoms with E-state index in [1.165, 1.54) is 24.1 Å².